The van der Waals surface area contributed by atoms with E-state index in [9.17, 15) is 9.59 Å². The molecule has 1 heterocycles. The van der Waals surface area contributed by atoms with E-state index in [2.05, 4.69) is 20.6 Å². The van der Waals surface area contributed by atoms with Crippen LogP contribution in [0.1, 0.15) is 25.0 Å². The van der Waals surface area contributed by atoms with Crippen molar-refractivity contribution in [1.82, 2.24) is 20.6 Å². The number of aliphatic carboxylic acids is 1. The maximum atomic E-state index is 11.6. The molecule has 2 atom stereocenters. The maximum Gasteiger partial charge on any atom is 0.315 e. The van der Waals surface area contributed by atoms with Crippen molar-refractivity contribution >= 4 is 12.0 Å². The van der Waals surface area contributed by atoms with Crippen LogP contribution >= 0.6 is 0 Å². The average Bonchev–Trinajstić information content (AvgIpc) is 3.04. The van der Waals surface area contributed by atoms with Crippen molar-refractivity contribution in [2.75, 3.05) is 6.54 Å². The average molecular weight is 266 g/mol. The smallest absolute Gasteiger partial charge is 0.315 e. The van der Waals surface area contributed by atoms with Gasteiger partial charge in [0.25, 0.3) is 0 Å². The Hall–Kier alpha value is -2.05. The Morgan fingerprint density at radius 2 is 2.26 bits per heavy atom. The predicted molar refractivity (Wildman–Crippen MR) is 67.3 cm³/mol. The SMILES string of the molecule is O=C(NCc1cnc[nH]1)NCC1CCCC1C(=O)O. The van der Waals surface area contributed by atoms with E-state index in [1.165, 1.54) is 0 Å². The topological polar surface area (TPSA) is 107 Å². The highest BCUT2D eigenvalue weighted by Crippen LogP contribution is 2.31. The van der Waals surface area contributed by atoms with Gasteiger partial charge in [0.15, 0.2) is 0 Å². The second-order valence-electron chi connectivity index (χ2n) is 4.78. The number of H-pyrrole nitrogens is 1. The lowest BCUT2D eigenvalue weighted by Crippen LogP contribution is -2.39. The van der Waals surface area contributed by atoms with E-state index in [1.807, 2.05) is 0 Å². The van der Waals surface area contributed by atoms with Gasteiger partial charge in [0.1, 0.15) is 0 Å². The molecule has 104 valence electrons. The Kier molecular flexibility index (Phi) is 4.38. The van der Waals surface area contributed by atoms with Crippen LogP contribution in [0.2, 0.25) is 0 Å². The fourth-order valence-corrected chi connectivity index (χ4v) is 2.45. The molecular weight excluding hydrogens is 248 g/mol. The molecule has 2 rings (SSSR count). The predicted octanol–water partition coefficient (Wildman–Crippen LogP) is 0.710. The number of carboxylic acids is 1. The molecule has 2 unspecified atom stereocenters. The maximum absolute atomic E-state index is 11.6. The van der Waals surface area contributed by atoms with Crippen molar-refractivity contribution in [3.8, 4) is 0 Å². The van der Waals surface area contributed by atoms with Gasteiger partial charge in [-0.25, -0.2) is 9.78 Å². The number of amides is 2. The van der Waals surface area contributed by atoms with Crippen LogP contribution in [-0.2, 0) is 11.3 Å². The van der Waals surface area contributed by atoms with Gasteiger partial charge in [0.2, 0.25) is 0 Å². The molecule has 1 aliphatic carbocycles. The van der Waals surface area contributed by atoms with E-state index >= 15 is 0 Å². The molecule has 0 aliphatic heterocycles. The Labute approximate surface area is 110 Å². The van der Waals surface area contributed by atoms with E-state index in [0.717, 1.165) is 18.5 Å². The van der Waals surface area contributed by atoms with Crippen molar-refractivity contribution in [2.45, 2.75) is 25.8 Å². The molecule has 19 heavy (non-hydrogen) atoms. The van der Waals surface area contributed by atoms with Crippen LogP contribution in [0.15, 0.2) is 12.5 Å². The summed E-state index contributed by atoms with van der Waals surface area (Å²) in [6.07, 6.45) is 5.66. The van der Waals surface area contributed by atoms with Crippen molar-refractivity contribution in [1.29, 1.82) is 0 Å². The third-order valence-electron chi connectivity index (χ3n) is 3.50. The number of carbonyl (C=O) groups is 2. The van der Waals surface area contributed by atoms with Gasteiger partial charge in [0, 0.05) is 12.7 Å². The van der Waals surface area contributed by atoms with Gasteiger partial charge in [-0.2, -0.15) is 0 Å². The van der Waals surface area contributed by atoms with Crippen molar-refractivity contribution < 1.29 is 14.7 Å². The third kappa shape index (κ3) is 3.70. The molecule has 0 radical (unpaired) electrons. The van der Waals surface area contributed by atoms with E-state index in [1.54, 1.807) is 12.5 Å². The minimum absolute atomic E-state index is 0.0374. The summed E-state index contributed by atoms with van der Waals surface area (Å²) in [5, 5.41) is 14.4. The summed E-state index contributed by atoms with van der Waals surface area (Å²) < 4.78 is 0. The lowest BCUT2D eigenvalue weighted by Gasteiger charge is -2.16. The van der Waals surface area contributed by atoms with Gasteiger partial charge < -0.3 is 20.7 Å². The number of rotatable bonds is 5. The lowest BCUT2D eigenvalue weighted by molar-refractivity contribution is -0.142. The summed E-state index contributed by atoms with van der Waals surface area (Å²) in [7, 11) is 0. The third-order valence-corrected chi connectivity index (χ3v) is 3.50. The fraction of sp³-hybridized carbons (Fsp3) is 0.583. The second-order valence-corrected chi connectivity index (χ2v) is 4.78. The second kappa shape index (κ2) is 6.21. The van der Waals surface area contributed by atoms with Gasteiger partial charge in [0.05, 0.1) is 24.5 Å². The van der Waals surface area contributed by atoms with Crippen molar-refractivity contribution in [2.24, 2.45) is 11.8 Å². The zero-order valence-electron chi connectivity index (χ0n) is 10.6. The number of aromatic amines is 1. The van der Waals surface area contributed by atoms with Crippen LogP contribution in [-0.4, -0.2) is 33.6 Å². The van der Waals surface area contributed by atoms with Crippen LogP contribution in [0, 0.1) is 11.8 Å². The van der Waals surface area contributed by atoms with Crippen LogP contribution in [0.3, 0.4) is 0 Å². The molecule has 1 aromatic heterocycles. The Morgan fingerprint density at radius 1 is 1.42 bits per heavy atom. The molecular formula is C12H18N4O3. The number of carbonyl (C=O) groups excluding carboxylic acids is 1. The van der Waals surface area contributed by atoms with E-state index in [4.69, 9.17) is 5.11 Å². The van der Waals surface area contributed by atoms with Gasteiger partial charge in [-0.05, 0) is 18.8 Å². The summed E-state index contributed by atoms with van der Waals surface area (Å²) in [6, 6.07) is -0.286. The molecule has 4 N–H and O–H groups in total. The summed E-state index contributed by atoms with van der Waals surface area (Å²) in [5.41, 5.74) is 0.819. The molecule has 0 saturated heterocycles. The first-order valence-corrected chi connectivity index (χ1v) is 6.38. The number of urea groups is 1. The molecule has 7 nitrogen and oxygen atoms in total. The molecule has 2 amide bonds. The zero-order chi connectivity index (χ0) is 13.7. The molecule has 7 heteroatoms. The Balaban J connectivity index is 1.70. The fourth-order valence-electron chi connectivity index (χ4n) is 2.45. The minimum atomic E-state index is -0.762. The first-order valence-electron chi connectivity index (χ1n) is 6.38. The molecule has 0 bridgehead atoms. The summed E-state index contributed by atoms with van der Waals surface area (Å²) in [4.78, 5) is 29.3. The molecule has 1 saturated carbocycles. The van der Waals surface area contributed by atoms with Crippen molar-refractivity contribution in [3.05, 3.63) is 18.2 Å². The first kappa shape index (κ1) is 13.4. The van der Waals surface area contributed by atoms with Gasteiger partial charge >= 0.3 is 12.0 Å². The highest BCUT2D eigenvalue weighted by molar-refractivity contribution is 5.74. The number of nitrogens with one attached hydrogen (secondary N) is 3. The van der Waals surface area contributed by atoms with Crippen molar-refractivity contribution in [3.63, 3.8) is 0 Å². The number of hydrogen-bond acceptors (Lipinski definition) is 3. The number of nitrogens with zero attached hydrogens (tertiary/aromatic N) is 1. The van der Waals surface area contributed by atoms with E-state index in [-0.39, 0.29) is 17.9 Å². The number of hydrogen-bond donors (Lipinski definition) is 4. The van der Waals surface area contributed by atoms with E-state index < -0.39 is 5.97 Å². The lowest BCUT2D eigenvalue weighted by atomic mass is 9.96. The standard InChI is InChI=1S/C12H18N4O3/c17-11(18)10-3-1-2-8(10)4-14-12(19)15-6-9-5-13-7-16-9/h5,7-8,10H,1-4,6H2,(H,13,16)(H,17,18)(H2,14,15,19). The van der Waals surface area contributed by atoms with Gasteiger partial charge in [-0.3, -0.25) is 4.79 Å². The highest BCUT2D eigenvalue weighted by Gasteiger charge is 2.32. The summed E-state index contributed by atoms with van der Waals surface area (Å²) in [6.45, 7) is 0.782. The minimum Gasteiger partial charge on any atom is -0.481 e. The normalized spacial score (nSPS) is 22.1. The first-order chi connectivity index (χ1) is 9.16. The zero-order valence-corrected chi connectivity index (χ0v) is 10.6. The molecule has 0 spiro atoms. The summed E-state index contributed by atoms with van der Waals surface area (Å²) in [5.74, 6) is -1.05. The Morgan fingerprint density at radius 3 is 2.95 bits per heavy atom. The quantitative estimate of drug-likeness (QED) is 0.629. The van der Waals surface area contributed by atoms with Crippen LogP contribution in [0.5, 0.6) is 0 Å². The van der Waals surface area contributed by atoms with Crippen LogP contribution in [0.25, 0.3) is 0 Å². The molecule has 1 fully saturated rings. The van der Waals surface area contributed by atoms with Gasteiger partial charge in [-0.15, -0.1) is 0 Å². The van der Waals surface area contributed by atoms with Gasteiger partial charge in [-0.1, -0.05) is 6.42 Å². The monoisotopic (exact) mass is 266 g/mol. The molecule has 1 aromatic rings. The molecule has 1 aliphatic rings. The number of carboxylic acid groups (broad SMARTS) is 1. The molecule has 0 aromatic carbocycles. The number of imidazole rings is 1. The van der Waals surface area contributed by atoms with E-state index in [0.29, 0.717) is 19.5 Å². The van der Waals surface area contributed by atoms with Crippen LogP contribution in [0.4, 0.5) is 4.79 Å². The Bertz CT molecular complexity index is 432. The van der Waals surface area contributed by atoms with Crippen LogP contribution < -0.4 is 10.6 Å². The largest absolute Gasteiger partial charge is 0.481 e. The summed E-state index contributed by atoms with van der Waals surface area (Å²) >= 11 is 0. The highest BCUT2D eigenvalue weighted by atomic mass is 16.4. The number of aromatic nitrogens is 2.